The third kappa shape index (κ3) is 6.19. The molecule has 2 nitrogen and oxygen atoms in total. The van der Waals surface area contributed by atoms with Gasteiger partial charge in [-0.1, -0.05) is 36.8 Å². The summed E-state index contributed by atoms with van der Waals surface area (Å²) in [5, 5.41) is 3.72. The molecule has 1 saturated heterocycles. The molecule has 21 heavy (non-hydrogen) atoms. The number of aryl methyl sites for hydroxylation is 1. The number of ether oxygens (including phenoxy) is 1. The van der Waals surface area contributed by atoms with Gasteiger partial charge in [-0.2, -0.15) is 0 Å². The van der Waals surface area contributed by atoms with Crippen molar-refractivity contribution in [1.29, 1.82) is 0 Å². The minimum atomic E-state index is 0.538. The first-order valence-electron chi connectivity index (χ1n) is 8.68. The number of hydrogen-bond donors (Lipinski definition) is 1. The fraction of sp³-hybridized carbons (Fsp3) is 0.684. The van der Waals surface area contributed by atoms with Gasteiger partial charge in [-0.05, 0) is 64.0 Å². The number of benzene rings is 1. The second kappa shape index (κ2) is 9.22. The van der Waals surface area contributed by atoms with Gasteiger partial charge < -0.3 is 10.1 Å². The van der Waals surface area contributed by atoms with E-state index in [1.165, 1.54) is 49.7 Å². The van der Waals surface area contributed by atoms with Crippen LogP contribution < -0.4 is 5.32 Å². The van der Waals surface area contributed by atoms with Crippen LogP contribution in [0.2, 0.25) is 0 Å². The largest absolute Gasteiger partial charge is 0.378 e. The number of nitrogens with one attached hydrogen (secondary N) is 1. The summed E-state index contributed by atoms with van der Waals surface area (Å²) < 4.78 is 5.73. The van der Waals surface area contributed by atoms with Gasteiger partial charge in [0, 0.05) is 12.6 Å². The van der Waals surface area contributed by atoms with Crippen molar-refractivity contribution < 1.29 is 4.74 Å². The minimum absolute atomic E-state index is 0.538. The van der Waals surface area contributed by atoms with Gasteiger partial charge in [0.1, 0.15) is 0 Å². The van der Waals surface area contributed by atoms with Crippen LogP contribution in [0, 0.1) is 6.92 Å². The summed E-state index contributed by atoms with van der Waals surface area (Å²) in [6.07, 6.45) is 9.18. The van der Waals surface area contributed by atoms with Crippen LogP contribution in [-0.2, 0) is 11.2 Å². The third-order valence-electron chi connectivity index (χ3n) is 4.39. The van der Waals surface area contributed by atoms with Crippen molar-refractivity contribution in [3.63, 3.8) is 0 Å². The molecule has 2 rings (SSSR count). The molecular formula is C19H31NO. The van der Waals surface area contributed by atoms with Crippen LogP contribution in [0.5, 0.6) is 0 Å². The molecular weight excluding hydrogens is 258 g/mol. The number of hydrogen-bond acceptors (Lipinski definition) is 2. The van der Waals surface area contributed by atoms with E-state index in [0.29, 0.717) is 12.1 Å². The monoisotopic (exact) mass is 289 g/mol. The van der Waals surface area contributed by atoms with Crippen molar-refractivity contribution in [3.05, 3.63) is 35.4 Å². The van der Waals surface area contributed by atoms with Crippen LogP contribution in [0.4, 0.5) is 0 Å². The molecule has 0 aliphatic carbocycles. The molecule has 2 heteroatoms. The highest BCUT2D eigenvalue weighted by Gasteiger charge is 2.16. The summed E-state index contributed by atoms with van der Waals surface area (Å²) in [4.78, 5) is 0. The van der Waals surface area contributed by atoms with Crippen molar-refractivity contribution in [2.24, 2.45) is 0 Å². The van der Waals surface area contributed by atoms with Crippen molar-refractivity contribution in [2.45, 2.75) is 70.9 Å². The number of rotatable bonds is 9. The molecule has 1 N–H and O–H groups in total. The first kappa shape index (κ1) is 16.5. The lowest BCUT2D eigenvalue weighted by Crippen LogP contribution is -2.32. The average molecular weight is 289 g/mol. The summed E-state index contributed by atoms with van der Waals surface area (Å²) in [6.45, 7) is 6.49. The topological polar surface area (TPSA) is 21.3 Å². The van der Waals surface area contributed by atoms with Crippen molar-refractivity contribution >= 4 is 0 Å². The van der Waals surface area contributed by atoms with Crippen molar-refractivity contribution in [3.8, 4) is 0 Å². The Labute approximate surface area is 130 Å². The molecule has 1 aromatic carbocycles. The Hall–Kier alpha value is -0.860. The van der Waals surface area contributed by atoms with E-state index < -0.39 is 0 Å². The van der Waals surface area contributed by atoms with Gasteiger partial charge in [0.2, 0.25) is 0 Å². The molecule has 0 bridgehead atoms. The average Bonchev–Trinajstić information content (AvgIpc) is 3.00. The van der Waals surface area contributed by atoms with Crippen LogP contribution >= 0.6 is 0 Å². The zero-order valence-corrected chi connectivity index (χ0v) is 13.7. The zero-order chi connectivity index (χ0) is 14.9. The van der Waals surface area contributed by atoms with E-state index in [4.69, 9.17) is 4.74 Å². The first-order chi connectivity index (χ1) is 10.3. The van der Waals surface area contributed by atoms with E-state index in [9.17, 15) is 0 Å². The first-order valence-corrected chi connectivity index (χ1v) is 8.68. The molecule has 1 aliphatic rings. The maximum absolute atomic E-state index is 5.73. The Kier molecular flexibility index (Phi) is 7.25. The molecule has 2 atom stereocenters. The summed E-state index contributed by atoms with van der Waals surface area (Å²) >= 11 is 0. The fourth-order valence-electron chi connectivity index (χ4n) is 3.10. The van der Waals surface area contributed by atoms with Gasteiger partial charge in [-0.15, -0.1) is 0 Å². The Morgan fingerprint density at radius 1 is 1.29 bits per heavy atom. The van der Waals surface area contributed by atoms with Gasteiger partial charge >= 0.3 is 0 Å². The third-order valence-corrected chi connectivity index (χ3v) is 4.39. The lowest BCUT2D eigenvalue weighted by molar-refractivity contribution is 0.101. The molecule has 0 spiro atoms. The highest BCUT2D eigenvalue weighted by Crippen LogP contribution is 2.19. The van der Waals surface area contributed by atoms with Crippen LogP contribution in [0.1, 0.15) is 56.6 Å². The predicted molar refractivity (Wildman–Crippen MR) is 89.8 cm³/mol. The molecule has 0 aromatic heterocycles. The lowest BCUT2D eigenvalue weighted by atomic mass is 9.98. The van der Waals surface area contributed by atoms with E-state index in [-0.39, 0.29) is 0 Å². The van der Waals surface area contributed by atoms with Crippen LogP contribution in [-0.4, -0.2) is 25.3 Å². The van der Waals surface area contributed by atoms with E-state index in [1.54, 1.807) is 0 Å². The lowest BCUT2D eigenvalue weighted by Gasteiger charge is -2.19. The Balaban J connectivity index is 1.77. The van der Waals surface area contributed by atoms with Crippen molar-refractivity contribution in [2.75, 3.05) is 13.2 Å². The summed E-state index contributed by atoms with van der Waals surface area (Å²) in [5.41, 5.74) is 2.79. The van der Waals surface area contributed by atoms with Crippen LogP contribution in [0.3, 0.4) is 0 Å². The second-order valence-corrected chi connectivity index (χ2v) is 6.41. The quantitative estimate of drug-likeness (QED) is 0.733. The van der Waals surface area contributed by atoms with Crippen LogP contribution in [0.15, 0.2) is 24.3 Å². The highest BCUT2D eigenvalue weighted by molar-refractivity contribution is 5.22. The van der Waals surface area contributed by atoms with Crippen molar-refractivity contribution in [1.82, 2.24) is 5.32 Å². The molecule has 2 unspecified atom stereocenters. The van der Waals surface area contributed by atoms with E-state index in [2.05, 4.69) is 43.4 Å². The second-order valence-electron chi connectivity index (χ2n) is 6.41. The van der Waals surface area contributed by atoms with Crippen LogP contribution in [0.25, 0.3) is 0 Å². The fourth-order valence-corrected chi connectivity index (χ4v) is 3.10. The molecule has 1 fully saturated rings. The highest BCUT2D eigenvalue weighted by atomic mass is 16.5. The van der Waals surface area contributed by atoms with Gasteiger partial charge in [0.05, 0.1) is 6.10 Å². The maximum atomic E-state index is 5.73. The molecule has 0 radical (unpaired) electrons. The van der Waals surface area contributed by atoms with Gasteiger partial charge in [0.25, 0.3) is 0 Å². The SMILES string of the molecule is CCCNC(CCCC1CCCO1)Cc1ccc(C)cc1. The Morgan fingerprint density at radius 2 is 2.10 bits per heavy atom. The molecule has 1 aromatic rings. The smallest absolute Gasteiger partial charge is 0.0576 e. The minimum Gasteiger partial charge on any atom is -0.378 e. The zero-order valence-electron chi connectivity index (χ0n) is 13.7. The van der Waals surface area contributed by atoms with E-state index in [1.807, 2.05) is 0 Å². The normalized spacial score (nSPS) is 19.8. The van der Waals surface area contributed by atoms with E-state index >= 15 is 0 Å². The molecule has 0 saturated carbocycles. The molecule has 1 heterocycles. The standard InChI is InChI=1S/C19H31NO/c1-3-13-20-18(6-4-7-19-8-5-14-21-19)15-17-11-9-16(2)10-12-17/h9-12,18-20H,3-8,13-15H2,1-2H3. The van der Waals surface area contributed by atoms with Gasteiger partial charge in [-0.3, -0.25) is 0 Å². The molecule has 118 valence electrons. The summed E-state index contributed by atoms with van der Waals surface area (Å²) in [7, 11) is 0. The van der Waals surface area contributed by atoms with Gasteiger partial charge in [-0.25, -0.2) is 0 Å². The predicted octanol–water partition coefficient (Wildman–Crippen LogP) is 4.26. The Morgan fingerprint density at radius 3 is 2.76 bits per heavy atom. The van der Waals surface area contributed by atoms with E-state index in [0.717, 1.165) is 19.6 Å². The summed E-state index contributed by atoms with van der Waals surface area (Å²) in [6, 6.07) is 9.59. The van der Waals surface area contributed by atoms with Gasteiger partial charge in [0.15, 0.2) is 0 Å². The molecule has 0 amide bonds. The molecule has 1 aliphatic heterocycles. The summed E-state index contributed by atoms with van der Waals surface area (Å²) in [5.74, 6) is 0. The Bertz CT molecular complexity index is 381. The maximum Gasteiger partial charge on any atom is 0.0576 e.